The molecular weight excluding hydrogens is 461 g/mol. The summed E-state index contributed by atoms with van der Waals surface area (Å²) in [6.07, 6.45) is 0.0162. The maximum Gasteiger partial charge on any atom is 0.433 e. The number of anilines is 1. The summed E-state index contributed by atoms with van der Waals surface area (Å²) in [6, 6.07) is 9.61. The van der Waals surface area contributed by atoms with E-state index in [2.05, 4.69) is 36.4 Å². The lowest BCUT2D eigenvalue weighted by molar-refractivity contribution is -0.141. The Labute approximate surface area is 198 Å². The van der Waals surface area contributed by atoms with Gasteiger partial charge >= 0.3 is 6.18 Å². The fourth-order valence-electron chi connectivity index (χ4n) is 3.94. The largest absolute Gasteiger partial charge is 0.433 e. The Hall–Kier alpha value is -3.83. The number of aromatic amines is 1. The van der Waals surface area contributed by atoms with Crippen LogP contribution in [0.2, 0.25) is 0 Å². The quantitative estimate of drug-likeness (QED) is 0.444. The molecule has 1 aromatic carbocycles. The van der Waals surface area contributed by atoms with E-state index in [1.165, 1.54) is 0 Å². The lowest BCUT2D eigenvalue weighted by Crippen LogP contribution is -2.35. The average Bonchev–Trinajstić information content (AvgIpc) is 3.28. The van der Waals surface area contributed by atoms with E-state index in [4.69, 9.17) is 4.74 Å². The Morgan fingerprint density at radius 3 is 2.63 bits per heavy atom. The van der Waals surface area contributed by atoms with Gasteiger partial charge in [0.1, 0.15) is 5.69 Å². The topological polar surface area (TPSA) is 96.0 Å². The van der Waals surface area contributed by atoms with Crippen LogP contribution in [0.3, 0.4) is 0 Å². The molecule has 0 saturated carbocycles. The van der Waals surface area contributed by atoms with Crippen molar-refractivity contribution in [3.8, 4) is 11.1 Å². The number of nitrogens with zero attached hydrogens (tertiary/aromatic N) is 4. The van der Waals surface area contributed by atoms with Crippen molar-refractivity contribution in [3.05, 3.63) is 71.9 Å². The number of ether oxygens (including phenoxy) is 1. The van der Waals surface area contributed by atoms with Crippen molar-refractivity contribution in [2.75, 3.05) is 31.6 Å². The van der Waals surface area contributed by atoms with Gasteiger partial charge in [0.25, 0.3) is 5.91 Å². The molecule has 3 aromatic heterocycles. The van der Waals surface area contributed by atoms with E-state index >= 15 is 0 Å². The van der Waals surface area contributed by atoms with Crippen LogP contribution in [0.4, 0.5) is 18.9 Å². The van der Waals surface area contributed by atoms with Gasteiger partial charge in [0.05, 0.1) is 30.6 Å². The Morgan fingerprint density at radius 1 is 1.06 bits per heavy atom. The van der Waals surface area contributed by atoms with Crippen LogP contribution in [-0.2, 0) is 17.5 Å². The molecule has 0 unspecified atom stereocenters. The highest BCUT2D eigenvalue weighted by molar-refractivity contribution is 6.11. The molecule has 35 heavy (non-hydrogen) atoms. The van der Waals surface area contributed by atoms with Crippen LogP contribution in [0.15, 0.2) is 55.0 Å². The molecular formula is C24H21F3N6O2. The van der Waals surface area contributed by atoms with Crippen molar-refractivity contribution in [1.29, 1.82) is 0 Å². The number of rotatable bonds is 5. The number of alkyl halides is 3. The Kier molecular flexibility index (Phi) is 6.18. The zero-order valence-electron chi connectivity index (χ0n) is 18.5. The van der Waals surface area contributed by atoms with Gasteiger partial charge in [-0.15, -0.1) is 0 Å². The van der Waals surface area contributed by atoms with E-state index in [1.807, 2.05) is 24.4 Å². The van der Waals surface area contributed by atoms with Crippen LogP contribution in [0.5, 0.6) is 0 Å². The Balaban J connectivity index is 1.37. The Morgan fingerprint density at radius 2 is 1.89 bits per heavy atom. The molecule has 11 heteroatoms. The summed E-state index contributed by atoms with van der Waals surface area (Å²) in [6.45, 7) is 3.96. The summed E-state index contributed by atoms with van der Waals surface area (Å²) in [4.78, 5) is 22.9. The van der Waals surface area contributed by atoms with Gasteiger partial charge in [-0.3, -0.25) is 19.8 Å². The van der Waals surface area contributed by atoms with Crippen molar-refractivity contribution in [3.63, 3.8) is 0 Å². The molecule has 5 rings (SSSR count). The lowest BCUT2D eigenvalue weighted by atomic mass is 10.0. The maximum absolute atomic E-state index is 12.8. The Bertz CT molecular complexity index is 1350. The van der Waals surface area contributed by atoms with Gasteiger partial charge in [-0.2, -0.15) is 18.3 Å². The summed E-state index contributed by atoms with van der Waals surface area (Å²) >= 11 is 0. The van der Waals surface area contributed by atoms with Crippen LogP contribution in [-0.4, -0.2) is 57.3 Å². The molecule has 8 nitrogen and oxygen atoms in total. The number of H-pyrrole nitrogens is 1. The second-order valence-electron chi connectivity index (χ2n) is 8.19. The van der Waals surface area contributed by atoms with E-state index in [1.54, 1.807) is 6.20 Å². The molecule has 4 aromatic rings. The zero-order valence-corrected chi connectivity index (χ0v) is 18.5. The standard InChI is InChI=1S/C24H21F3N6O2/c25-24(26,27)21-4-2-18(13-29-21)30-23(34)22-19-10-16(1-3-20(19)31-32-22)17-9-15(11-28-12-17)14-33-5-7-35-8-6-33/h1-4,9-13H,5-8,14H2,(H,30,34)(H,31,32). The zero-order chi connectivity index (χ0) is 24.4. The molecule has 1 amide bonds. The molecule has 180 valence electrons. The summed E-state index contributed by atoms with van der Waals surface area (Å²) in [7, 11) is 0. The number of fused-ring (bicyclic) bond motifs is 1. The van der Waals surface area contributed by atoms with E-state index < -0.39 is 17.8 Å². The highest BCUT2D eigenvalue weighted by Crippen LogP contribution is 2.29. The predicted molar refractivity (Wildman–Crippen MR) is 123 cm³/mol. The van der Waals surface area contributed by atoms with Crippen molar-refractivity contribution in [2.45, 2.75) is 12.7 Å². The first-order valence-electron chi connectivity index (χ1n) is 10.9. The summed E-state index contributed by atoms with van der Waals surface area (Å²) in [5, 5.41) is 10.1. The number of aromatic nitrogens is 4. The number of morpholine rings is 1. The van der Waals surface area contributed by atoms with Crippen LogP contribution < -0.4 is 5.32 Å². The van der Waals surface area contributed by atoms with Gasteiger partial charge in [-0.05, 0) is 41.5 Å². The highest BCUT2D eigenvalue weighted by Gasteiger charge is 2.32. The van der Waals surface area contributed by atoms with Gasteiger partial charge < -0.3 is 10.1 Å². The van der Waals surface area contributed by atoms with Gasteiger partial charge in [0, 0.05) is 43.0 Å². The molecule has 4 heterocycles. The van der Waals surface area contributed by atoms with Crippen LogP contribution in [0.25, 0.3) is 22.0 Å². The van der Waals surface area contributed by atoms with Gasteiger partial charge in [-0.25, -0.2) is 4.98 Å². The van der Waals surface area contributed by atoms with Gasteiger partial charge in [-0.1, -0.05) is 6.07 Å². The SMILES string of the molecule is O=C(Nc1ccc(C(F)(F)F)nc1)c1n[nH]c2ccc(-c3cncc(CN4CCOCC4)c3)cc12. The van der Waals surface area contributed by atoms with Crippen molar-refractivity contribution in [2.24, 2.45) is 0 Å². The third kappa shape index (κ3) is 5.15. The normalized spacial score (nSPS) is 14.8. The molecule has 0 spiro atoms. The number of pyridine rings is 2. The number of hydrogen-bond acceptors (Lipinski definition) is 6. The van der Waals surface area contributed by atoms with Gasteiger partial charge in [0.15, 0.2) is 5.69 Å². The minimum absolute atomic E-state index is 0.124. The summed E-state index contributed by atoms with van der Waals surface area (Å²) in [5.41, 5.74) is 2.72. The number of amides is 1. The van der Waals surface area contributed by atoms with E-state index in [-0.39, 0.29) is 11.4 Å². The fourth-order valence-corrected chi connectivity index (χ4v) is 3.94. The number of benzene rings is 1. The number of nitrogens with one attached hydrogen (secondary N) is 2. The second-order valence-corrected chi connectivity index (χ2v) is 8.19. The smallest absolute Gasteiger partial charge is 0.379 e. The van der Waals surface area contributed by atoms with E-state index in [0.29, 0.717) is 10.9 Å². The van der Waals surface area contributed by atoms with Crippen molar-refractivity contribution in [1.82, 2.24) is 25.1 Å². The first kappa shape index (κ1) is 22.9. The number of hydrogen-bond donors (Lipinski definition) is 2. The molecule has 0 radical (unpaired) electrons. The van der Waals surface area contributed by atoms with E-state index in [0.717, 1.165) is 67.9 Å². The average molecular weight is 482 g/mol. The van der Waals surface area contributed by atoms with Crippen LogP contribution in [0, 0.1) is 0 Å². The molecule has 0 aliphatic carbocycles. The third-order valence-corrected chi connectivity index (χ3v) is 5.73. The molecule has 2 N–H and O–H groups in total. The highest BCUT2D eigenvalue weighted by atomic mass is 19.4. The molecule has 0 bridgehead atoms. The molecule has 1 saturated heterocycles. The summed E-state index contributed by atoms with van der Waals surface area (Å²) < 4.78 is 43.6. The van der Waals surface area contributed by atoms with Crippen LogP contribution in [0.1, 0.15) is 21.7 Å². The number of carbonyl (C=O) groups excluding carboxylic acids is 1. The molecule has 1 fully saturated rings. The number of halogens is 3. The third-order valence-electron chi connectivity index (χ3n) is 5.73. The predicted octanol–water partition coefficient (Wildman–Crippen LogP) is 4.12. The molecule has 0 atom stereocenters. The first-order chi connectivity index (χ1) is 16.9. The van der Waals surface area contributed by atoms with Crippen molar-refractivity contribution >= 4 is 22.5 Å². The minimum Gasteiger partial charge on any atom is -0.379 e. The van der Waals surface area contributed by atoms with E-state index in [9.17, 15) is 18.0 Å². The lowest BCUT2D eigenvalue weighted by Gasteiger charge is -2.26. The maximum atomic E-state index is 12.8. The molecule has 1 aliphatic heterocycles. The monoisotopic (exact) mass is 482 g/mol. The first-order valence-corrected chi connectivity index (χ1v) is 10.9. The van der Waals surface area contributed by atoms with Crippen molar-refractivity contribution < 1.29 is 22.7 Å². The minimum atomic E-state index is -4.55. The number of carbonyl (C=O) groups is 1. The molecule has 1 aliphatic rings. The summed E-state index contributed by atoms with van der Waals surface area (Å²) in [5.74, 6) is -0.561. The second kappa shape index (κ2) is 9.43. The van der Waals surface area contributed by atoms with Crippen LogP contribution >= 0.6 is 0 Å². The fraction of sp³-hybridized carbons (Fsp3) is 0.250. The van der Waals surface area contributed by atoms with Gasteiger partial charge in [0.2, 0.25) is 0 Å².